The number of benzene rings is 1. The molecule has 0 spiro atoms. The van der Waals surface area contributed by atoms with Crippen molar-refractivity contribution in [2.75, 3.05) is 26.2 Å². The lowest BCUT2D eigenvalue weighted by molar-refractivity contribution is 0.0627. The highest BCUT2D eigenvalue weighted by atomic mass is 16.3. The normalized spacial score (nSPS) is 15.7. The number of aryl methyl sites for hydroxylation is 1. The summed E-state index contributed by atoms with van der Waals surface area (Å²) in [6.45, 7) is 7.82. The summed E-state index contributed by atoms with van der Waals surface area (Å²) in [5.41, 5.74) is 2.48. The zero-order valence-corrected chi connectivity index (χ0v) is 16.3. The summed E-state index contributed by atoms with van der Waals surface area (Å²) < 4.78 is 0. The van der Waals surface area contributed by atoms with Crippen LogP contribution in [0, 0.1) is 0 Å². The van der Waals surface area contributed by atoms with Crippen molar-refractivity contribution >= 4 is 5.91 Å². The average molecular weight is 367 g/mol. The van der Waals surface area contributed by atoms with Crippen LogP contribution in [0.25, 0.3) is 0 Å². The number of rotatable bonds is 6. The van der Waals surface area contributed by atoms with Crippen molar-refractivity contribution in [3.05, 3.63) is 65.5 Å². The minimum atomic E-state index is -0.662. The molecule has 1 aromatic heterocycles. The Labute approximate surface area is 161 Å². The number of hydrogen-bond donors (Lipinski definition) is 1. The molecule has 5 heteroatoms. The standard InChI is InChI=1S/C22H29N3O2/c1-22(2,27)10-7-18-3-5-20(6-4-18)21(26)25-15-13-24(14-16-25)17-19-8-11-23-12-9-19/h3-6,8-9,11-12,27H,7,10,13-17H2,1-2H3. The minimum absolute atomic E-state index is 0.104. The van der Waals surface area contributed by atoms with Crippen molar-refractivity contribution in [1.82, 2.24) is 14.8 Å². The zero-order chi connectivity index (χ0) is 19.3. The van der Waals surface area contributed by atoms with E-state index in [1.165, 1.54) is 5.56 Å². The first-order valence-corrected chi connectivity index (χ1v) is 9.62. The molecule has 3 rings (SSSR count). The lowest BCUT2D eigenvalue weighted by Crippen LogP contribution is -2.48. The number of nitrogens with zero attached hydrogens (tertiary/aromatic N) is 3. The molecule has 1 aromatic carbocycles. The summed E-state index contributed by atoms with van der Waals surface area (Å²) in [6.07, 6.45) is 5.16. The van der Waals surface area contributed by atoms with Crippen LogP contribution in [0.2, 0.25) is 0 Å². The predicted octanol–water partition coefficient (Wildman–Crippen LogP) is 2.74. The molecular formula is C22H29N3O2. The molecule has 27 heavy (non-hydrogen) atoms. The third kappa shape index (κ3) is 5.88. The zero-order valence-electron chi connectivity index (χ0n) is 16.3. The number of aromatic nitrogens is 1. The maximum atomic E-state index is 12.8. The maximum Gasteiger partial charge on any atom is 0.253 e. The van der Waals surface area contributed by atoms with Gasteiger partial charge in [-0.3, -0.25) is 14.7 Å². The summed E-state index contributed by atoms with van der Waals surface area (Å²) >= 11 is 0. The van der Waals surface area contributed by atoms with Gasteiger partial charge in [-0.2, -0.15) is 0 Å². The van der Waals surface area contributed by atoms with Crippen LogP contribution in [0.1, 0.15) is 41.8 Å². The van der Waals surface area contributed by atoms with Gasteiger partial charge in [0.05, 0.1) is 5.60 Å². The molecular weight excluding hydrogens is 338 g/mol. The number of hydrogen-bond acceptors (Lipinski definition) is 4. The first-order valence-electron chi connectivity index (χ1n) is 9.62. The highest BCUT2D eigenvalue weighted by Gasteiger charge is 2.22. The van der Waals surface area contributed by atoms with Gasteiger partial charge in [0, 0.05) is 50.7 Å². The fourth-order valence-corrected chi connectivity index (χ4v) is 3.30. The van der Waals surface area contributed by atoms with Crippen LogP contribution in [0.4, 0.5) is 0 Å². The van der Waals surface area contributed by atoms with Gasteiger partial charge in [-0.25, -0.2) is 0 Å². The van der Waals surface area contributed by atoms with E-state index in [9.17, 15) is 9.90 Å². The molecule has 1 fully saturated rings. The van der Waals surface area contributed by atoms with Crippen molar-refractivity contribution < 1.29 is 9.90 Å². The minimum Gasteiger partial charge on any atom is -0.390 e. The first kappa shape index (κ1) is 19.5. The Kier molecular flexibility index (Phi) is 6.24. The average Bonchev–Trinajstić information content (AvgIpc) is 2.67. The Morgan fingerprint density at radius 3 is 2.22 bits per heavy atom. The highest BCUT2D eigenvalue weighted by molar-refractivity contribution is 5.94. The number of pyridine rings is 1. The van der Waals surface area contributed by atoms with E-state index in [1.807, 2.05) is 67.5 Å². The van der Waals surface area contributed by atoms with E-state index < -0.39 is 5.60 Å². The third-order valence-corrected chi connectivity index (χ3v) is 5.04. The van der Waals surface area contributed by atoms with Gasteiger partial charge in [-0.15, -0.1) is 0 Å². The monoisotopic (exact) mass is 367 g/mol. The topological polar surface area (TPSA) is 56.7 Å². The number of carbonyl (C=O) groups excluding carboxylic acids is 1. The van der Waals surface area contributed by atoms with Crippen LogP contribution in [-0.2, 0) is 13.0 Å². The molecule has 0 unspecified atom stereocenters. The van der Waals surface area contributed by atoms with Crippen molar-refractivity contribution in [2.24, 2.45) is 0 Å². The molecule has 0 aliphatic carbocycles. The van der Waals surface area contributed by atoms with E-state index >= 15 is 0 Å². The quantitative estimate of drug-likeness (QED) is 0.853. The predicted molar refractivity (Wildman–Crippen MR) is 106 cm³/mol. The molecule has 1 amide bonds. The smallest absolute Gasteiger partial charge is 0.253 e. The molecule has 5 nitrogen and oxygen atoms in total. The van der Waals surface area contributed by atoms with E-state index in [-0.39, 0.29) is 5.91 Å². The Morgan fingerprint density at radius 2 is 1.63 bits per heavy atom. The van der Waals surface area contributed by atoms with Crippen molar-refractivity contribution in [2.45, 2.75) is 38.8 Å². The lowest BCUT2D eigenvalue weighted by atomic mass is 9.98. The van der Waals surface area contributed by atoms with Gasteiger partial charge < -0.3 is 10.0 Å². The van der Waals surface area contributed by atoms with E-state index in [1.54, 1.807) is 0 Å². The summed E-state index contributed by atoms with van der Waals surface area (Å²) in [7, 11) is 0. The van der Waals surface area contributed by atoms with Crippen LogP contribution in [-0.4, -0.2) is 57.6 Å². The van der Waals surface area contributed by atoms with E-state index in [0.717, 1.165) is 50.3 Å². The van der Waals surface area contributed by atoms with Gasteiger partial charge >= 0.3 is 0 Å². The molecule has 2 aromatic rings. The third-order valence-electron chi connectivity index (χ3n) is 5.04. The molecule has 0 saturated carbocycles. The summed E-state index contributed by atoms with van der Waals surface area (Å²) in [5.74, 6) is 0.104. The fourth-order valence-electron chi connectivity index (χ4n) is 3.30. The Bertz CT molecular complexity index is 730. The van der Waals surface area contributed by atoms with Gasteiger partial charge in [0.25, 0.3) is 5.91 Å². The highest BCUT2D eigenvalue weighted by Crippen LogP contribution is 2.16. The summed E-state index contributed by atoms with van der Waals surface area (Å²) in [5, 5.41) is 9.84. The van der Waals surface area contributed by atoms with Gasteiger partial charge in [0.15, 0.2) is 0 Å². The van der Waals surface area contributed by atoms with Gasteiger partial charge in [0.1, 0.15) is 0 Å². The maximum absolute atomic E-state index is 12.8. The molecule has 1 N–H and O–H groups in total. The molecule has 0 bridgehead atoms. The second-order valence-corrected chi connectivity index (χ2v) is 7.93. The van der Waals surface area contributed by atoms with Crippen molar-refractivity contribution in [3.63, 3.8) is 0 Å². The molecule has 0 atom stereocenters. The van der Waals surface area contributed by atoms with Crippen LogP contribution in [0.3, 0.4) is 0 Å². The van der Waals surface area contributed by atoms with Crippen LogP contribution >= 0.6 is 0 Å². The summed E-state index contributed by atoms with van der Waals surface area (Å²) in [4.78, 5) is 21.1. The SMILES string of the molecule is CC(C)(O)CCc1ccc(C(=O)N2CCN(Cc3ccncc3)CC2)cc1. The molecule has 0 radical (unpaired) electrons. The lowest BCUT2D eigenvalue weighted by Gasteiger charge is -2.34. The Balaban J connectivity index is 1.50. The van der Waals surface area contributed by atoms with E-state index in [4.69, 9.17) is 0 Å². The largest absolute Gasteiger partial charge is 0.390 e. The van der Waals surface area contributed by atoms with Crippen LogP contribution < -0.4 is 0 Å². The molecule has 1 aliphatic heterocycles. The first-order chi connectivity index (χ1) is 12.9. The second kappa shape index (κ2) is 8.63. The van der Waals surface area contributed by atoms with Crippen molar-refractivity contribution in [3.8, 4) is 0 Å². The molecule has 2 heterocycles. The van der Waals surface area contributed by atoms with Gasteiger partial charge in [-0.05, 0) is 62.1 Å². The molecule has 1 aliphatic rings. The van der Waals surface area contributed by atoms with Crippen molar-refractivity contribution in [1.29, 1.82) is 0 Å². The van der Waals surface area contributed by atoms with Crippen LogP contribution in [0.15, 0.2) is 48.8 Å². The number of aliphatic hydroxyl groups is 1. The van der Waals surface area contributed by atoms with Gasteiger partial charge in [-0.1, -0.05) is 12.1 Å². The Morgan fingerprint density at radius 1 is 1.00 bits per heavy atom. The molecule has 1 saturated heterocycles. The molecule has 144 valence electrons. The summed E-state index contributed by atoms with van der Waals surface area (Å²) in [6, 6.07) is 11.9. The Hall–Kier alpha value is -2.24. The van der Waals surface area contributed by atoms with Gasteiger partial charge in [0.2, 0.25) is 0 Å². The number of piperazine rings is 1. The van der Waals surface area contributed by atoms with E-state index in [2.05, 4.69) is 9.88 Å². The number of carbonyl (C=O) groups is 1. The fraction of sp³-hybridized carbons (Fsp3) is 0.455. The number of amides is 1. The second-order valence-electron chi connectivity index (χ2n) is 7.93. The van der Waals surface area contributed by atoms with E-state index in [0.29, 0.717) is 6.42 Å². The van der Waals surface area contributed by atoms with Crippen LogP contribution in [0.5, 0.6) is 0 Å².